The fourth-order valence-electron chi connectivity index (χ4n) is 1.71. The quantitative estimate of drug-likeness (QED) is 0.820. The van der Waals surface area contributed by atoms with E-state index in [9.17, 15) is 4.79 Å². The van der Waals surface area contributed by atoms with Crippen LogP contribution in [0.2, 0.25) is 0 Å². The van der Waals surface area contributed by atoms with E-state index in [1.54, 1.807) is 6.20 Å². The largest absolute Gasteiger partial charge is 0.307 e. The van der Waals surface area contributed by atoms with Gasteiger partial charge in [-0.2, -0.15) is 5.10 Å². The maximum absolute atomic E-state index is 12.1. The molecule has 1 aromatic heterocycles. The van der Waals surface area contributed by atoms with Gasteiger partial charge >= 0.3 is 0 Å². The van der Waals surface area contributed by atoms with E-state index in [2.05, 4.69) is 39.9 Å². The van der Waals surface area contributed by atoms with Crippen LogP contribution in [-0.4, -0.2) is 15.7 Å². The number of halogens is 1. The lowest BCUT2D eigenvalue weighted by Crippen LogP contribution is -2.15. The van der Waals surface area contributed by atoms with Crippen molar-refractivity contribution in [3.8, 4) is 0 Å². The molecule has 0 aliphatic carbocycles. The highest BCUT2D eigenvalue weighted by molar-refractivity contribution is 14.1. The van der Waals surface area contributed by atoms with Crippen molar-refractivity contribution in [2.45, 2.75) is 26.3 Å². The summed E-state index contributed by atoms with van der Waals surface area (Å²) in [6.45, 7) is 2.96. The van der Waals surface area contributed by atoms with Crippen molar-refractivity contribution in [2.75, 3.05) is 5.32 Å². The lowest BCUT2D eigenvalue weighted by atomic mass is 10.2. The van der Waals surface area contributed by atoms with Gasteiger partial charge in [0.15, 0.2) is 0 Å². The minimum absolute atomic E-state index is 0.102. The maximum atomic E-state index is 12.1. The number of aromatic nitrogens is 2. The number of aryl methyl sites for hydroxylation is 1. The van der Waals surface area contributed by atoms with Crippen LogP contribution >= 0.6 is 22.6 Å². The molecule has 0 atom stereocenters. The summed E-state index contributed by atoms with van der Waals surface area (Å²) in [7, 11) is 0. The van der Waals surface area contributed by atoms with Gasteiger partial charge in [-0.1, -0.05) is 13.3 Å². The first-order valence-corrected chi connectivity index (χ1v) is 7.37. The number of benzene rings is 1. The van der Waals surface area contributed by atoms with E-state index >= 15 is 0 Å². The van der Waals surface area contributed by atoms with Crippen molar-refractivity contribution in [2.24, 2.45) is 0 Å². The van der Waals surface area contributed by atoms with E-state index in [0.29, 0.717) is 5.56 Å². The van der Waals surface area contributed by atoms with Crippen LogP contribution in [0, 0.1) is 3.57 Å². The molecule has 2 aromatic rings. The van der Waals surface area contributed by atoms with Gasteiger partial charge in [-0.15, -0.1) is 0 Å². The smallest absolute Gasteiger partial charge is 0.256 e. The number of rotatable bonds is 5. The summed E-state index contributed by atoms with van der Waals surface area (Å²) in [5.41, 5.74) is 0.656. The number of nitrogens with zero attached hydrogens (tertiary/aromatic N) is 2. The fraction of sp³-hybridized carbons (Fsp3) is 0.286. The third kappa shape index (κ3) is 3.79. The molecule has 0 saturated heterocycles. The third-order valence-corrected chi connectivity index (χ3v) is 3.51. The molecule has 0 bridgehead atoms. The Kier molecular flexibility index (Phi) is 4.95. The van der Waals surface area contributed by atoms with Gasteiger partial charge < -0.3 is 5.32 Å². The zero-order chi connectivity index (χ0) is 13.7. The van der Waals surface area contributed by atoms with E-state index in [4.69, 9.17) is 0 Å². The van der Waals surface area contributed by atoms with Gasteiger partial charge in [0.1, 0.15) is 5.82 Å². The molecule has 0 spiro atoms. The molecule has 5 heteroatoms. The summed E-state index contributed by atoms with van der Waals surface area (Å²) in [6, 6.07) is 9.31. The lowest BCUT2D eigenvalue weighted by molar-refractivity contribution is 0.102. The molecule has 4 nitrogen and oxygen atoms in total. The Morgan fingerprint density at radius 2 is 2.05 bits per heavy atom. The number of hydrogen-bond donors (Lipinski definition) is 1. The van der Waals surface area contributed by atoms with Crippen LogP contribution in [0.25, 0.3) is 0 Å². The minimum atomic E-state index is -0.102. The number of anilines is 1. The Morgan fingerprint density at radius 3 is 2.74 bits per heavy atom. The van der Waals surface area contributed by atoms with Crippen LogP contribution in [0.4, 0.5) is 5.82 Å². The zero-order valence-corrected chi connectivity index (χ0v) is 12.9. The zero-order valence-electron chi connectivity index (χ0n) is 10.8. The van der Waals surface area contributed by atoms with Gasteiger partial charge in [-0.3, -0.25) is 4.79 Å². The Labute approximate surface area is 126 Å². The molecule has 0 radical (unpaired) electrons. The minimum Gasteiger partial charge on any atom is -0.307 e. The molecule has 1 aromatic carbocycles. The molecule has 0 fully saturated rings. The van der Waals surface area contributed by atoms with Gasteiger partial charge in [0.05, 0.1) is 6.20 Å². The third-order valence-electron chi connectivity index (χ3n) is 2.79. The Balaban J connectivity index is 2.06. The van der Waals surface area contributed by atoms with Gasteiger partial charge in [-0.05, 0) is 53.3 Å². The normalized spacial score (nSPS) is 10.4. The molecule has 100 valence electrons. The second-order valence-corrected chi connectivity index (χ2v) is 5.50. The van der Waals surface area contributed by atoms with E-state index in [1.807, 2.05) is 35.0 Å². The maximum Gasteiger partial charge on any atom is 0.256 e. The highest BCUT2D eigenvalue weighted by Gasteiger charge is 2.09. The van der Waals surface area contributed by atoms with Crippen molar-refractivity contribution in [1.29, 1.82) is 0 Å². The highest BCUT2D eigenvalue weighted by Crippen LogP contribution is 2.12. The summed E-state index contributed by atoms with van der Waals surface area (Å²) >= 11 is 2.22. The van der Waals surface area contributed by atoms with Crippen LogP contribution in [-0.2, 0) is 6.54 Å². The molecule has 0 aliphatic rings. The van der Waals surface area contributed by atoms with Crippen molar-refractivity contribution < 1.29 is 4.79 Å². The summed E-state index contributed by atoms with van der Waals surface area (Å²) in [5.74, 6) is 0.645. The standard InChI is InChI=1S/C14H16IN3O/c1-2-3-10-18-13(8-9-16-18)17-14(19)11-4-6-12(15)7-5-11/h4-9H,2-3,10H2,1H3,(H,17,19). The Hall–Kier alpha value is -1.37. The number of amides is 1. The summed E-state index contributed by atoms with van der Waals surface area (Å²) in [6.07, 6.45) is 3.86. The molecular weight excluding hydrogens is 353 g/mol. The number of carbonyl (C=O) groups excluding carboxylic acids is 1. The monoisotopic (exact) mass is 369 g/mol. The van der Waals surface area contributed by atoms with Gasteiger partial charge in [-0.25, -0.2) is 4.68 Å². The van der Waals surface area contributed by atoms with Gasteiger partial charge in [0, 0.05) is 21.7 Å². The van der Waals surface area contributed by atoms with Crippen molar-refractivity contribution in [1.82, 2.24) is 9.78 Å². The number of nitrogens with one attached hydrogen (secondary N) is 1. The highest BCUT2D eigenvalue weighted by atomic mass is 127. The first-order chi connectivity index (χ1) is 9.20. The molecule has 1 amide bonds. The Bertz CT molecular complexity index is 548. The SMILES string of the molecule is CCCCn1nccc1NC(=O)c1ccc(I)cc1. The van der Waals surface area contributed by atoms with E-state index < -0.39 is 0 Å². The topological polar surface area (TPSA) is 46.9 Å². The number of unbranched alkanes of at least 4 members (excludes halogenated alkanes) is 1. The van der Waals surface area contributed by atoms with Crippen LogP contribution < -0.4 is 5.32 Å². The molecule has 0 saturated carbocycles. The summed E-state index contributed by atoms with van der Waals surface area (Å²) < 4.78 is 2.94. The number of hydrogen-bond acceptors (Lipinski definition) is 2. The molecule has 1 heterocycles. The molecule has 1 N–H and O–H groups in total. The predicted molar refractivity (Wildman–Crippen MR) is 84.2 cm³/mol. The first kappa shape index (κ1) is 14.0. The van der Waals surface area contributed by atoms with Crippen LogP contribution in [0.1, 0.15) is 30.1 Å². The van der Waals surface area contributed by atoms with Crippen molar-refractivity contribution in [3.63, 3.8) is 0 Å². The predicted octanol–water partition coefficient (Wildman–Crippen LogP) is 3.54. The molecular formula is C14H16IN3O. The molecule has 0 unspecified atom stereocenters. The van der Waals surface area contributed by atoms with Crippen LogP contribution in [0.3, 0.4) is 0 Å². The van der Waals surface area contributed by atoms with Crippen molar-refractivity contribution >= 4 is 34.3 Å². The van der Waals surface area contributed by atoms with Gasteiger partial charge in [0.25, 0.3) is 5.91 Å². The van der Waals surface area contributed by atoms with Crippen LogP contribution in [0.15, 0.2) is 36.5 Å². The van der Waals surface area contributed by atoms with Crippen LogP contribution in [0.5, 0.6) is 0 Å². The Morgan fingerprint density at radius 1 is 1.32 bits per heavy atom. The molecule has 2 rings (SSSR count). The van der Waals surface area contributed by atoms with E-state index in [0.717, 1.165) is 28.8 Å². The number of carbonyl (C=O) groups is 1. The van der Waals surface area contributed by atoms with E-state index in [-0.39, 0.29) is 5.91 Å². The fourth-order valence-corrected chi connectivity index (χ4v) is 2.07. The molecule has 0 aliphatic heterocycles. The first-order valence-electron chi connectivity index (χ1n) is 6.29. The lowest BCUT2D eigenvalue weighted by Gasteiger charge is -2.08. The van der Waals surface area contributed by atoms with E-state index in [1.165, 1.54) is 0 Å². The van der Waals surface area contributed by atoms with Gasteiger partial charge in [0.2, 0.25) is 0 Å². The summed E-state index contributed by atoms with van der Waals surface area (Å²) in [5, 5.41) is 7.11. The second kappa shape index (κ2) is 6.70. The summed E-state index contributed by atoms with van der Waals surface area (Å²) in [4.78, 5) is 12.1. The average molecular weight is 369 g/mol. The average Bonchev–Trinajstić information content (AvgIpc) is 2.84. The second-order valence-electron chi connectivity index (χ2n) is 4.25. The molecule has 19 heavy (non-hydrogen) atoms. The van der Waals surface area contributed by atoms with Crippen molar-refractivity contribution in [3.05, 3.63) is 45.7 Å².